The van der Waals surface area contributed by atoms with Crippen molar-refractivity contribution in [2.24, 2.45) is 7.05 Å². The van der Waals surface area contributed by atoms with Crippen molar-refractivity contribution in [3.63, 3.8) is 0 Å². The molecule has 15 heavy (non-hydrogen) atoms. The van der Waals surface area contributed by atoms with E-state index in [0.717, 1.165) is 0 Å². The molecule has 1 aromatic heterocycles. The van der Waals surface area contributed by atoms with Gasteiger partial charge in [-0.2, -0.15) is 0 Å². The molecule has 3 heteroatoms. The van der Waals surface area contributed by atoms with E-state index >= 15 is 0 Å². The van der Waals surface area contributed by atoms with Crippen LogP contribution in [0.3, 0.4) is 0 Å². The third-order valence-electron chi connectivity index (χ3n) is 2.00. The molecule has 0 bridgehead atoms. The van der Waals surface area contributed by atoms with Crippen LogP contribution in [-0.2, 0) is 7.05 Å². The fraction of sp³-hybridized carbons (Fsp3) is 0.0833. The molecule has 2 nitrogen and oxygen atoms in total. The Morgan fingerprint density at radius 2 is 2.07 bits per heavy atom. The van der Waals surface area contributed by atoms with Crippen LogP contribution in [0.2, 0.25) is 0 Å². The van der Waals surface area contributed by atoms with Gasteiger partial charge in [-0.25, -0.2) is 9.37 Å². The SMILES string of the molecule is Cn1ccnc1C#Cc1ccccc1F. The second-order valence-corrected chi connectivity index (χ2v) is 3.09. The molecule has 0 fully saturated rings. The summed E-state index contributed by atoms with van der Waals surface area (Å²) in [7, 11) is 1.85. The van der Waals surface area contributed by atoms with E-state index in [1.165, 1.54) is 6.07 Å². The summed E-state index contributed by atoms with van der Waals surface area (Å²) >= 11 is 0. The van der Waals surface area contributed by atoms with Crippen LogP contribution in [0.15, 0.2) is 36.7 Å². The lowest BCUT2D eigenvalue weighted by Crippen LogP contribution is -1.90. The lowest BCUT2D eigenvalue weighted by molar-refractivity contribution is 0.624. The first-order valence-corrected chi connectivity index (χ1v) is 4.51. The van der Waals surface area contributed by atoms with Gasteiger partial charge in [-0.15, -0.1) is 0 Å². The predicted octanol–water partition coefficient (Wildman–Crippen LogP) is 1.96. The molecule has 1 aromatic carbocycles. The van der Waals surface area contributed by atoms with Gasteiger partial charge in [0.05, 0.1) is 5.56 Å². The highest BCUT2D eigenvalue weighted by Gasteiger charge is 1.96. The average molecular weight is 200 g/mol. The molecule has 0 radical (unpaired) electrons. The van der Waals surface area contributed by atoms with Gasteiger partial charge in [-0.3, -0.25) is 0 Å². The molecule has 0 aliphatic carbocycles. The molecule has 0 spiro atoms. The zero-order chi connectivity index (χ0) is 10.7. The molecule has 0 N–H and O–H groups in total. The number of hydrogen-bond acceptors (Lipinski definition) is 1. The second-order valence-electron chi connectivity index (χ2n) is 3.09. The van der Waals surface area contributed by atoms with Gasteiger partial charge in [0.15, 0.2) is 5.82 Å². The first kappa shape index (κ1) is 9.47. The molecule has 2 aromatic rings. The molecule has 0 saturated heterocycles. The minimum absolute atomic E-state index is 0.306. The Morgan fingerprint density at radius 1 is 1.27 bits per heavy atom. The normalized spacial score (nSPS) is 9.47. The summed E-state index contributed by atoms with van der Waals surface area (Å²) in [5, 5.41) is 0. The van der Waals surface area contributed by atoms with Crippen LogP contribution in [0.25, 0.3) is 0 Å². The predicted molar refractivity (Wildman–Crippen MR) is 55.6 cm³/mol. The van der Waals surface area contributed by atoms with Gasteiger partial charge in [0.1, 0.15) is 5.82 Å². The third kappa shape index (κ3) is 2.05. The highest BCUT2D eigenvalue weighted by Crippen LogP contribution is 2.04. The van der Waals surface area contributed by atoms with Gasteiger partial charge in [-0.05, 0) is 18.1 Å². The molecule has 74 valence electrons. The Kier molecular flexibility index (Phi) is 2.51. The Morgan fingerprint density at radius 3 is 2.73 bits per heavy atom. The van der Waals surface area contributed by atoms with Gasteiger partial charge >= 0.3 is 0 Å². The van der Waals surface area contributed by atoms with Crippen molar-refractivity contribution in [3.05, 3.63) is 53.9 Å². The minimum Gasteiger partial charge on any atom is -0.327 e. The fourth-order valence-electron chi connectivity index (χ4n) is 1.17. The van der Waals surface area contributed by atoms with Gasteiger partial charge < -0.3 is 4.57 Å². The molecule has 0 unspecified atom stereocenters. The lowest BCUT2D eigenvalue weighted by atomic mass is 10.2. The number of rotatable bonds is 0. The highest BCUT2D eigenvalue weighted by molar-refractivity contribution is 5.39. The number of aryl methyl sites for hydroxylation is 1. The second kappa shape index (κ2) is 3.97. The van der Waals surface area contributed by atoms with Crippen molar-refractivity contribution in [1.82, 2.24) is 9.55 Å². The standard InChI is InChI=1S/C12H9FN2/c1-15-9-8-14-12(15)7-6-10-4-2-3-5-11(10)13/h2-5,8-9H,1H3. The molecular formula is C12H9FN2. The van der Waals surface area contributed by atoms with E-state index in [4.69, 9.17) is 0 Å². The third-order valence-corrected chi connectivity index (χ3v) is 2.00. The summed E-state index contributed by atoms with van der Waals surface area (Å²) in [5.74, 6) is 5.88. The number of imidazole rings is 1. The minimum atomic E-state index is -0.306. The topological polar surface area (TPSA) is 17.8 Å². The van der Waals surface area contributed by atoms with Gasteiger partial charge in [0.25, 0.3) is 0 Å². The maximum atomic E-state index is 13.2. The smallest absolute Gasteiger partial charge is 0.185 e. The first-order valence-electron chi connectivity index (χ1n) is 4.51. The first-order chi connectivity index (χ1) is 7.27. The molecule has 0 aliphatic heterocycles. The number of nitrogens with zero attached hydrogens (tertiary/aromatic N) is 2. The van der Waals surface area contributed by atoms with E-state index in [9.17, 15) is 4.39 Å². The van der Waals surface area contributed by atoms with Crippen molar-refractivity contribution < 1.29 is 4.39 Å². The Hall–Kier alpha value is -2.08. The van der Waals surface area contributed by atoms with Crippen molar-refractivity contribution in [2.75, 3.05) is 0 Å². The van der Waals surface area contributed by atoms with E-state index in [2.05, 4.69) is 16.8 Å². The van der Waals surface area contributed by atoms with E-state index in [1.54, 1.807) is 35.2 Å². The average Bonchev–Trinajstić information content (AvgIpc) is 2.63. The largest absolute Gasteiger partial charge is 0.327 e. The summed E-state index contributed by atoms with van der Waals surface area (Å²) in [4.78, 5) is 4.03. The van der Waals surface area contributed by atoms with Gasteiger partial charge in [0.2, 0.25) is 0 Å². The van der Waals surface area contributed by atoms with Crippen molar-refractivity contribution in [3.8, 4) is 11.8 Å². The fourth-order valence-corrected chi connectivity index (χ4v) is 1.17. The van der Waals surface area contributed by atoms with Crippen LogP contribution >= 0.6 is 0 Å². The zero-order valence-corrected chi connectivity index (χ0v) is 8.24. The number of hydrogen-bond donors (Lipinski definition) is 0. The Balaban J connectivity index is 2.34. The number of benzene rings is 1. The Bertz CT molecular complexity index is 532. The van der Waals surface area contributed by atoms with Crippen molar-refractivity contribution in [2.45, 2.75) is 0 Å². The maximum Gasteiger partial charge on any atom is 0.185 e. The number of aromatic nitrogens is 2. The molecule has 0 atom stereocenters. The van der Waals surface area contributed by atoms with Gasteiger partial charge in [-0.1, -0.05) is 18.1 Å². The molecule has 0 amide bonds. The quantitative estimate of drug-likeness (QED) is 0.594. The van der Waals surface area contributed by atoms with E-state index in [-0.39, 0.29) is 5.82 Å². The van der Waals surface area contributed by atoms with Crippen LogP contribution < -0.4 is 0 Å². The zero-order valence-electron chi connectivity index (χ0n) is 8.24. The summed E-state index contributed by atoms with van der Waals surface area (Å²) in [6, 6.07) is 6.43. The van der Waals surface area contributed by atoms with E-state index in [1.807, 2.05) is 7.05 Å². The van der Waals surface area contributed by atoms with Gasteiger partial charge in [0, 0.05) is 19.4 Å². The van der Waals surface area contributed by atoms with Crippen LogP contribution in [0.4, 0.5) is 4.39 Å². The maximum absolute atomic E-state index is 13.2. The van der Waals surface area contributed by atoms with Crippen LogP contribution in [0.1, 0.15) is 11.4 Å². The summed E-state index contributed by atoms with van der Waals surface area (Å²) in [6.45, 7) is 0. The van der Waals surface area contributed by atoms with Crippen LogP contribution in [0.5, 0.6) is 0 Å². The molecular weight excluding hydrogens is 191 g/mol. The van der Waals surface area contributed by atoms with E-state index in [0.29, 0.717) is 11.4 Å². The molecule has 0 aliphatic rings. The van der Waals surface area contributed by atoms with Crippen LogP contribution in [0, 0.1) is 17.7 Å². The lowest BCUT2D eigenvalue weighted by Gasteiger charge is -1.92. The van der Waals surface area contributed by atoms with Crippen LogP contribution in [-0.4, -0.2) is 9.55 Å². The Labute approximate surface area is 87.4 Å². The monoisotopic (exact) mass is 200 g/mol. The van der Waals surface area contributed by atoms with Crippen molar-refractivity contribution >= 4 is 0 Å². The van der Waals surface area contributed by atoms with Crippen molar-refractivity contribution in [1.29, 1.82) is 0 Å². The number of halogens is 1. The molecule has 1 heterocycles. The summed E-state index contributed by atoms with van der Waals surface area (Å²) in [5.41, 5.74) is 0.389. The molecule has 2 rings (SSSR count). The highest BCUT2D eigenvalue weighted by atomic mass is 19.1. The summed E-state index contributed by atoms with van der Waals surface area (Å²) < 4.78 is 15.0. The van der Waals surface area contributed by atoms with E-state index < -0.39 is 0 Å². The summed E-state index contributed by atoms with van der Waals surface area (Å²) in [6.07, 6.45) is 3.46. The molecule has 0 saturated carbocycles.